The van der Waals surface area contributed by atoms with Crippen LogP contribution in [0, 0.1) is 11.8 Å². The summed E-state index contributed by atoms with van der Waals surface area (Å²) in [6.45, 7) is 12.6. The Balaban J connectivity index is 2.76. The van der Waals surface area contributed by atoms with E-state index in [1.807, 2.05) is 26.8 Å². The summed E-state index contributed by atoms with van der Waals surface area (Å²) in [6.07, 6.45) is 5.48. The standard InChI is InChI=1S/C22H36INO4/c1-6-9-17-14-16(2)15-19(26)20(17)18(25)10-7-12-24(13-8-11-23)21(27)28-22(3,4)5/h6,16-17,25H,1,7-15H2,2-5H3/b20-18-/t16-,17-/m1/s1. The Hall–Kier alpha value is -1.05. The maximum Gasteiger partial charge on any atom is 0.410 e. The maximum absolute atomic E-state index is 12.5. The largest absolute Gasteiger partial charge is 0.512 e. The van der Waals surface area contributed by atoms with E-state index in [1.165, 1.54) is 0 Å². The van der Waals surface area contributed by atoms with Crippen LogP contribution >= 0.6 is 22.6 Å². The van der Waals surface area contributed by atoms with E-state index >= 15 is 0 Å². The van der Waals surface area contributed by atoms with E-state index in [9.17, 15) is 14.7 Å². The molecule has 0 saturated heterocycles. The van der Waals surface area contributed by atoms with Crippen molar-refractivity contribution >= 4 is 34.5 Å². The molecule has 0 aromatic carbocycles. The molecule has 1 N–H and O–H groups in total. The highest BCUT2D eigenvalue weighted by atomic mass is 127. The van der Waals surface area contributed by atoms with E-state index in [0.29, 0.717) is 50.3 Å². The molecule has 160 valence electrons. The quantitative estimate of drug-likeness (QED) is 0.141. The molecule has 0 unspecified atom stereocenters. The summed E-state index contributed by atoms with van der Waals surface area (Å²) in [7, 11) is 0. The van der Waals surface area contributed by atoms with Gasteiger partial charge in [0.2, 0.25) is 0 Å². The summed E-state index contributed by atoms with van der Waals surface area (Å²) in [6, 6.07) is 0. The van der Waals surface area contributed by atoms with Crippen molar-refractivity contribution in [2.75, 3.05) is 17.5 Å². The van der Waals surface area contributed by atoms with Crippen LogP contribution in [0.3, 0.4) is 0 Å². The van der Waals surface area contributed by atoms with Crippen LogP contribution in [0.15, 0.2) is 24.0 Å². The summed E-state index contributed by atoms with van der Waals surface area (Å²) >= 11 is 2.29. The number of halogens is 1. The normalized spacial score (nSPS) is 22.0. The van der Waals surface area contributed by atoms with Crippen LogP contribution in [0.2, 0.25) is 0 Å². The highest BCUT2D eigenvalue weighted by molar-refractivity contribution is 14.1. The second-order valence-corrected chi connectivity index (χ2v) is 9.74. The van der Waals surface area contributed by atoms with Crippen molar-refractivity contribution in [1.82, 2.24) is 4.90 Å². The first-order chi connectivity index (χ1) is 13.1. The number of ether oxygens (including phenoxy) is 1. The van der Waals surface area contributed by atoms with Crippen LogP contribution in [-0.2, 0) is 9.53 Å². The molecule has 1 aliphatic carbocycles. The van der Waals surface area contributed by atoms with Gasteiger partial charge in [0.05, 0.1) is 5.76 Å². The van der Waals surface area contributed by atoms with Crippen molar-refractivity contribution < 1.29 is 19.4 Å². The molecule has 1 aliphatic rings. The van der Waals surface area contributed by atoms with Gasteiger partial charge in [0, 0.05) is 35.9 Å². The third kappa shape index (κ3) is 8.53. The molecule has 0 heterocycles. The van der Waals surface area contributed by atoms with Gasteiger partial charge in [-0.05, 0) is 58.3 Å². The zero-order valence-electron chi connectivity index (χ0n) is 17.8. The van der Waals surface area contributed by atoms with Gasteiger partial charge in [-0.2, -0.15) is 0 Å². The van der Waals surface area contributed by atoms with Crippen LogP contribution in [0.4, 0.5) is 4.79 Å². The first-order valence-corrected chi connectivity index (χ1v) is 11.7. The lowest BCUT2D eigenvalue weighted by molar-refractivity contribution is -0.118. The predicted octanol–water partition coefficient (Wildman–Crippen LogP) is 5.83. The number of carbonyl (C=O) groups excluding carboxylic acids is 2. The van der Waals surface area contributed by atoms with E-state index in [2.05, 4.69) is 36.1 Å². The Bertz CT molecular complexity index is 580. The molecule has 0 aromatic heterocycles. The average molecular weight is 505 g/mol. The molecule has 2 atom stereocenters. The van der Waals surface area contributed by atoms with Crippen molar-refractivity contribution in [3.8, 4) is 0 Å². The minimum absolute atomic E-state index is 0.0507. The van der Waals surface area contributed by atoms with E-state index in [0.717, 1.165) is 17.3 Å². The van der Waals surface area contributed by atoms with E-state index < -0.39 is 5.60 Å². The number of hydrogen-bond donors (Lipinski definition) is 1. The molecule has 0 aliphatic heterocycles. The molecule has 6 heteroatoms. The fourth-order valence-corrected chi connectivity index (χ4v) is 3.94. The van der Waals surface area contributed by atoms with E-state index in [4.69, 9.17) is 4.74 Å². The summed E-state index contributed by atoms with van der Waals surface area (Å²) in [5, 5.41) is 10.6. The van der Waals surface area contributed by atoms with Gasteiger partial charge in [-0.25, -0.2) is 4.79 Å². The number of amides is 1. The van der Waals surface area contributed by atoms with Crippen molar-refractivity contribution in [2.24, 2.45) is 11.8 Å². The molecule has 0 spiro atoms. The molecule has 0 radical (unpaired) electrons. The Kier molecular flexibility index (Phi) is 10.6. The van der Waals surface area contributed by atoms with Crippen LogP contribution < -0.4 is 0 Å². The molecular formula is C22H36INO4. The van der Waals surface area contributed by atoms with Crippen molar-refractivity contribution in [3.05, 3.63) is 24.0 Å². The minimum Gasteiger partial charge on any atom is -0.512 e. The third-order valence-electron chi connectivity index (χ3n) is 4.75. The molecule has 28 heavy (non-hydrogen) atoms. The van der Waals surface area contributed by atoms with Gasteiger partial charge in [0.1, 0.15) is 5.60 Å². The van der Waals surface area contributed by atoms with Crippen molar-refractivity contribution in [1.29, 1.82) is 0 Å². The topological polar surface area (TPSA) is 66.8 Å². The molecule has 1 amide bonds. The molecule has 1 saturated carbocycles. The summed E-state index contributed by atoms with van der Waals surface area (Å²) in [5.74, 6) is 0.624. The highest BCUT2D eigenvalue weighted by Gasteiger charge is 2.31. The second-order valence-electron chi connectivity index (χ2n) is 8.66. The lowest BCUT2D eigenvalue weighted by atomic mass is 9.75. The van der Waals surface area contributed by atoms with Gasteiger partial charge in [-0.15, -0.1) is 6.58 Å². The van der Waals surface area contributed by atoms with Crippen molar-refractivity contribution in [3.63, 3.8) is 0 Å². The van der Waals surface area contributed by atoms with Crippen LogP contribution in [-0.4, -0.2) is 45.0 Å². The highest BCUT2D eigenvalue weighted by Crippen LogP contribution is 2.35. The van der Waals surface area contributed by atoms with E-state index in [1.54, 1.807) is 4.90 Å². The Morgan fingerprint density at radius 2 is 2.00 bits per heavy atom. The van der Waals surface area contributed by atoms with Crippen molar-refractivity contribution in [2.45, 2.75) is 71.8 Å². The lowest BCUT2D eigenvalue weighted by Crippen LogP contribution is -2.38. The lowest BCUT2D eigenvalue weighted by Gasteiger charge is -2.29. The van der Waals surface area contributed by atoms with Gasteiger partial charge < -0.3 is 14.7 Å². The number of rotatable bonds is 9. The fraction of sp³-hybridized carbons (Fsp3) is 0.727. The van der Waals surface area contributed by atoms with Gasteiger partial charge in [0.25, 0.3) is 0 Å². The van der Waals surface area contributed by atoms with Gasteiger partial charge in [-0.3, -0.25) is 4.79 Å². The van der Waals surface area contributed by atoms with Crippen LogP contribution in [0.5, 0.6) is 0 Å². The molecular weight excluding hydrogens is 469 g/mol. The first kappa shape index (κ1) is 25.0. The predicted molar refractivity (Wildman–Crippen MR) is 122 cm³/mol. The number of hydrogen-bond acceptors (Lipinski definition) is 4. The third-order valence-corrected chi connectivity index (χ3v) is 5.51. The van der Waals surface area contributed by atoms with Gasteiger partial charge in [0.15, 0.2) is 5.78 Å². The number of nitrogens with zero attached hydrogens (tertiary/aromatic N) is 1. The number of Topliss-reactive ketones (excluding diaryl/α,β-unsaturated/α-hetero) is 1. The molecule has 1 rings (SSSR count). The average Bonchev–Trinajstić information content (AvgIpc) is 2.55. The molecule has 5 nitrogen and oxygen atoms in total. The van der Waals surface area contributed by atoms with Gasteiger partial charge >= 0.3 is 6.09 Å². The molecule has 1 fully saturated rings. The molecule has 0 bridgehead atoms. The monoisotopic (exact) mass is 505 g/mol. The Morgan fingerprint density at radius 3 is 2.57 bits per heavy atom. The number of aliphatic hydroxyl groups is 1. The molecule has 0 aromatic rings. The fourth-order valence-electron chi connectivity index (χ4n) is 3.60. The van der Waals surface area contributed by atoms with E-state index in [-0.39, 0.29) is 23.6 Å². The second kappa shape index (κ2) is 11.8. The maximum atomic E-state index is 12.5. The van der Waals surface area contributed by atoms with Crippen LogP contribution in [0.25, 0.3) is 0 Å². The summed E-state index contributed by atoms with van der Waals surface area (Å²) < 4.78 is 6.45. The first-order valence-electron chi connectivity index (χ1n) is 10.2. The van der Waals surface area contributed by atoms with Crippen LogP contribution in [0.1, 0.15) is 66.2 Å². The number of aliphatic hydroxyl groups excluding tert-OH is 1. The number of allylic oxidation sites excluding steroid dienone is 3. The number of ketones is 1. The zero-order chi connectivity index (χ0) is 21.3. The summed E-state index contributed by atoms with van der Waals surface area (Å²) in [4.78, 5) is 26.6. The summed E-state index contributed by atoms with van der Waals surface area (Å²) in [5.41, 5.74) is 0.0430. The SMILES string of the molecule is C=CC[C@@H]1C[C@@H](C)CC(=O)/C1=C(\O)CCCN(CCCI)C(=O)OC(C)(C)C. The zero-order valence-corrected chi connectivity index (χ0v) is 20.0. The van der Waals surface area contributed by atoms with Gasteiger partial charge in [-0.1, -0.05) is 35.6 Å². The number of carbonyl (C=O) groups is 2. The Morgan fingerprint density at radius 1 is 1.36 bits per heavy atom. The minimum atomic E-state index is -0.535. The Labute approximate surface area is 183 Å². The smallest absolute Gasteiger partial charge is 0.410 e. The number of alkyl halides is 1.